The summed E-state index contributed by atoms with van der Waals surface area (Å²) in [5.74, 6) is -1.33. The molecule has 12 heteroatoms. The first-order valence-corrected chi connectivity index (χ1v) is 15.3. The third-order valence-corrected chi connectivity index (χ3v) is 10.2. The fraction of sp³-hybridized carbons (Fsp3) is 0.387. The van der Waals surface area contributed by atoms with Gasteiger partial charge in [-0.25, -0.2) is 18.2 Å². The van der Waals surface area contributed by atoms with Crippen molar-refractivity contribution in [1.82, 2.24) is 9.88 Å². The molecule has 2 unspecified atom stereocenters. The number of ether oxygens (including phenoxy) is 2. The molecule has 1 saturated carbocycles. The maximum Gasteiger partial charge on any atom is 0.236 e. The molecule has 7 rings (SSSR count). The van der Waals surface area contributed by atoms with E-state index in [0.717, 1.165) is 43.6 Å². The Labute approximate surface area is 254 Å². The van der Waals surface area contributed by atoms with Crippen LogP contribution in [0, 0.1) is 40.2 Å². The van der Waals surface area contributed by atoms with Gasteiger partial charge in [-0.3, -0.25) is 4.90 Å². The number of nitriles is 2. The van der Waals surface area contributed by atoms with Crippen molar-refractivity contribution >= 4 is 48.9 Å². The van der Waals surface area contributed by atoms with Crippen LogP contribution in [-0.4, -0.2) is 47.9 Å². The summed E-state index contributed by atoms with van der Waals surface area (Å²) in [6.45, 7) is 1.36. The molecular formula is C31H25ClF3N5O2S. The van der Waals surface area contributed by atoms with E-state index in [2.05, 4.69) is 16.0 Å². The summed E-state index contributed by atoms with van der Waals surface area (Å²) in [6.07, 6.45) is 2.76. The summed E-state index contributed by atoms with van der Waals surface area (Å²) in [6, 6.07) is 8.19. The van der Waals surface area contributed by atoms with Gasteiger partial charge in [0.2, 0.25) is 5.88 Å². The van der Waals surface area contributed by atoms with Gasteiger partial charge in [0.1, 0.15) is 34.6 Å². The van der Waals surface area contributed by atoms with Crippen molar-refractivity contribution in [3.63, 3.8) is 0 Å². The summed E-state index contributed by atoms with van der Waals surface area (Å²) in [7, 11) is 0. The highest BCUT2D eigenvalue weighted by molar-refractivity contribution is 7.23. The van der Waals surface area contributed by atoms with Crippen LogP contribution in [-0.2, 0) is 0 Å². The number of nitrogens with two attached hydrogens (primary N) is 1. The van der Waals surface area contributed by atoms with Crippen molar-refractivity contribution in [3.05, 3.63) is 46.0 Å². The Morgan fingerprint density at radius 1 is 1.16 bits per heavy atom. The van der Waals surface area contributed by atoms with Crippen molar-refractivity contribution in [2.24, 2.45) is 5.92 Å². The van der Waals surface area contributed by atoms with E-state index in [1.165, 1.54) is 18.2 Å². The fourth-order valence-corrected chi connectivity index (χ4v) is 7.79. The number of thiophene rings is 1. The van der Waals surface area contributed by atoms with Crippen molar-refractivity contribution in [1.29, 1.82) is 10.5 Å². The molecule has 0 spiro atoms. The van der Waals surface area contributed by atoms with E-state index in [4.69, 9.17) is 26.8 Å². The van der Waals surface area contributed by atoms with Gasteiger partial charge in [-0.1, -0.05) is 17.7 Å². The molecule has 0 bridgehead atoms. The summed E-state index contributed by atoms with van der Waals surface area (Å²) >= 11 is 7.61. The van der Waals surface area contributed by atoms with Gasteiger partial charge in [0.25, 0.3) is 0 Å². The Balaban J connectivity index is 1.39. The van der Waals surface area contributed by atoms with Crippen molar-refractivity contribution in [2.45, 2.75) is 50.4 Å². The Kier molecular flexibility index (Phi) is 7.00. The number of nitrogens with zero attached hydrogens (tertiary/aromatic N) is 4. The number of hydrogen-bond donors (Lipinski definition) is 1. The molecule has 3 atom stereocenters. The molecule has 0 radical (unpaired) electrons. The lowest BCUT2D eigenvalue weighted by molar-refractivity contribution is 0.121. The average molecular weight is 624 g/mol. The van der Waals surface area contributed by atoms with Gasteiger partial charge in [-0.15, -0.1) is 11.3 Å². The van der Waals surface area contributed by atoms with Gasteiger partial charge in [0.15, 0.2) is 17.1 Å². The lowest BCUT2D eigenvalue weighted by Gasteiger charge is -2.28. The first-order valence-electron chi connectivity index (χ1n) is 14.1. The molecule has 2 saturated heterocycles. The molecule has 2 aliphatic heterocycles. The SMILES string of the molecule is N#Cc1c(OCC2CCN3C[C@H](F)CC23)nc2c(F)c(-c3ccc(F)c4sc(N)c(C#N)c34)c(Cl)cc2c1OC1CCC1. The lowest BCUT2D eigenvalue weighted by atomic mass is 9.95. The molecule has 3 fully saturated rings. The molecule has 2 aromatic carbocycles. The second-order valence-electron chi connectivity index (χ2n) is 11.4. The van der Waals surface area contributed by atoms with Crippen LogP contribution in [0.4, 0.5) is 18.2 Å². The van der Waals surface area contributed by atoms with E-state index in [1.807, 2.05) is 6.07 Å². The maximum atomic E-state index is 16.7. The molecule has 2 aromatic heterocycles. The van der Waals surface area contributed by atoms with Crippen LogP contribution in [0.1, 0.15) is 43.2 Å². The van der Waals surface area contributed by atoms with E-state index in [-0.39, 0.29) is 89.6 Å². The molecule has 220 valence electrons. The van der Waals surface area contributed by atoms with Crippen LogP contribution in [0.25, 0.3) is 32.1 Å². The first kappa shape index (κ1) is 28.0. The van der Waals surface area contributed by atoms with Crippen LogP contribution in [0.15, 0.2) is 18.2 Å². The Morgan fingerprint density at radius 3 is 2.67 bits per heavy atom. The molecule has 4 heterocycles. The minimum absolute atomic E-state index is 0.0301. The molecule has 2 N–H and O–H groups in total. The Morgan fingerprint density at radius 2 is 1.95 bits per heavy atom. The number of benzene rings is 2. The zero-order valence-electron chi connectivity index (χ0n) is 22.8. The molecule has 3 aliphatic rings. The number of nitrogen functional groups attached to an aromatic ring is 1. The fourth-order valence-electron chi connectivity index (χ4n) is 6.54. The highest BCUT2D eigenvalue weighted by atomic mass is 35.5. The number of alkyl halides is 1. The molecule has 4 aromatic rings. The molecule has 43 heavy (non-hydrogen) atoms. The highest BCUT2D eigenvalue weighted by Gasteiger charge is 2.42. The van der Waals surface area contributed by atoms with E-state index >= 15 is 4.39 Å². The second kappa shape index (κ2) is 10.7. The minimum atomic E-state index is -0.876. The number of aromatic nitrogens is 1. The number of halogens is 4. The Hall–Kier alpha value is -3.77. The van der Waals surface area contributed by atoms with Gasteiger partial charge in [0.05, 0.1) is 28.0 Å². The first-order chi connectivity index (χ1) is 20.8. The van der Waals surface area contributed by atoms with Gasteiger partial charge in [-0.2, -0.15) is 10.5 Å². The second-order valence-corrected chi connectivity index (χ2v) is 12.8. The predicted octanol–water partition coefficient (Wildman–Crippen LogP) is 7.12. The van der Waals surface area contributed by atoms with Crippen molar-refractivity contribution < 1.29 is 22.6 Å². The van der Waals surface area contributed by atoms with Gasteiger partial charge in [0, 0.05) is 34.8 Å². The van der Waals surface area contributed by atoms with E-state index < -0.39 is 17.8 Å². The predicted molar refractivity (Wildman–Crippen MR) is 158 cm³/mol. The normalized spacial score (nSPS) is 22.0. The van der Waals surface area contributed by atoms with Crippen LogP contribution < -0.4 is 15.2 Å². The maximum absolute atomic E-state index is 16.7. The van der Waals surface area contributed by atoms with Gasteiger partial charge < -0.3 is 15.2 Å². The van der Waals surface area contributed by atoms with Crippen molar-refractivity contribution in [3.8, 4) is 34.9 Å². The number of rotatable bonds is 6. The summed E-state index contributed by atoms with van der Waals surface area (Å²) in [5, 5.41) is 20.4. The number of fused-ring (bicyclic) bond motifs is 3. The van der Waals surface area contributed by atoms with Crippen molar-refractivity contribution in [2.75, 3.05) is 25.4 Å². The van der Waals surface area contributed by atoms with Crippen LogP contribution >= 0.6 is 22.9 Å². The summed E-state index contributed by atoms with van der Waals surface area (Å²) in [5.41, 5.74) is 6.04. The Bertz CT molecular complexity index is 1880. The number of anilines is 1. The largest absolute Gasteiger partial charge is 0.488 e. The van der Waals surface area contributed by atoms with Crippen LogP contribution in [0.2, 0.25) is 5.02 Å². The third kappa shape index (κ3) is 4.53. The topological polar surface area (TPSA) is 108 Å². The minimum Gasteiger partial charge on any atom is -0.488 e. The lowest BCUT2D eigenvalue weighted by Crippen LogP contribution is -2.29. The summed E-state index contributed by atoms with van der Waals surface area (Å²) < 4.78 is 58.0. The smallest absolute Gasteiger partial charge is 0.236 e. The number of pyridine rings is 1. The average Bonchev–Trinajstić information content (AvgIpc) is 3.62. The zero-order valence-corrected chi connectivity index (χ0v) is 24.4. The molecular weight excluding hydrogens is 599 g/mol. The monoisotopic (exact) mass is 623 g/mol. The molecule has 7 nitrogen and oxygen atoms in total. The van der Waals surface area contributed by atoms with E-state index in [1.54, 1.807) is 0 Å². The quantitative estimate of drug-likeness (QED) is 0.244. The van der Waals surface area contributed by atoms with E-state index in [0.29, 0.717) is 13.0 Å². The van der Waals surface area contributed by atoms with Crippen LogP contribution in [0.3, 0.4) is 0 Å². The van der Waals surface area contributed by atoms with Gasteiger partial charge >= 0.3 is 0 Å². The van der Waals surface area contributed by atoms with Crippen LogP contribution in [0.5, 0.6) is 11.6 Å². The summed E-state index contributed by atoms with van der Waals surface area (Å²) in [4.78, 5) is 6.60. The highest BCUT2D eigenvalue weighted by Crippen LogP contribution is 2.47. The standard InChI is InChI=1S/C31H25ClF3N5O2S/c32-21-9-18-27(26(35)25(21)17-4-5-22(34)29-24(17)19(10-36)30(38)43-29)39-31(20(11-37)28(18)42-16-2-1-3-16)41-13-14-6-7-40-12-15(33)8-23(14)40/h4-5,9,14-16,23H,1-3,6-8,12-13,38H2/t14?,15-,23?/m1/s1. The van der Waals surface area contributed by atoms with E-state index in [9.17, 15) is 19.3 Å². The zero-order chi connectivity index (χ0) is 30.0. The third-order valence-electron chi connectivity index (χ3n) is 8.90. The van der Waals surface area contributed by atoms with Gasteiger partial charge in [-0.05, 0) is 56.3 Å². The molecule has 0 amide bonds. The molecule has 1 aliphatic carbocycles. The number of hydrogen-bond acceptors (Lipinski definition) is 8.